The van der Waals surface area contributed by atoms with Gasteiger partial charge in [0.05, 0.1) is 0 Å². The van der Waals surface area contributed by atoms with Crippen LogP contribution in [0.15, 0.2) is 0 Å². The summed E-state index contributed by atoms with van der Waals surface area (Å²) in [5.41, 5.74) is 11.0. The molecule has 3 nitrogen and oxygen atoms in total. The van der Waals surface area contributed by atoms with Gasteiger partial charge in [-0.25, -0.2) is 0 Å². The molecule has 0 amide bonds. The molecule has 0 bridgehead atoms. The van der Waals surface area contributed by atoms with Crippen molar-refractivity contribution in [3.8, 4) is 0 Å². The van der Waals surface area contributed by atoms with Crippen LogP contribution in [0.1, 0.15) is 2.85 Å². The molecule has 0 radical (unpaired) electrons. The molecule has 5 heteroatoms. The molecule has 2 N–H and O–H groups in total. The molecule has 0 aliphatic heterocycles. The van der Waals surface area contributed by atoms with E-state index in [0.29, 0.717) is 0 Å². The van der Waals surface area contributed by atoms with E-state index in [1.165, 1.54) is 0 Å². The maximum atomic E-state index is 5.50. The second-order valence-electron chi connectivity index (χ2n) is 0.112. The Kier molecular flexibility index (Phi) is 103. The van der Waals surface area contributed by atoms with Gasteiger partial charge in [0, 0.05) is 0 Å². The Bertz CT molecular complexity index is 33.9. The van der Waals surface area contributed by atoms with Gasteiger partial charge in [0.15, 0.2) is 0 Å². The molecular weight excluding hydrogens is 94.4 g/mol. The molecule has 0 aromatic heterocycles. The van der Waals surface area contributed by atoms with Crippen molar-refractivity contribution in [1.29, 1.82) is 11.1 Å². The standard InChI is InChI=1S/Mg.H2N3.H4Si.2H/c;1-3-2;;;/h;1-2H;1H4;;/q+2;+1;;2*-1. The molecule has 0 heterocycles. The molecule has 0 unspecified atom stereocenters. The summed E-state index contributed by atoms with van der Waals surface area (Å²) in [4.78, 5) is 2.00. The van der Waals surface area contributed by atoms with Crippen LogP contribution in [0.4, 0.5) is 0 Å². The Labute approximate surface area is 53.3 Å². The van der Waals surface area contributed by atoms with Crippen molar-refractivity contribution >= 4 is 34.0 Å². The predicted molar refractivity (Wildman–Crippen MR) is 26.9 cm³/mol. The monoisotopic (exact) mass is 102 g/mol. The maximum Gasteiger partial charge on any atom is 2.00 e. The molecule has 0 aromatic rings. The summed E-state index contributed by atoms with van der Waals surface area (Å²) in [5, 5.41) is 0. The van der Waals surface area contributed by atoms with Gasteiger partial charge in [-0.1, -0.05) is 0 Å². The van der Waals surface area contributed by atoms with Crippen LogP contribution in [0, 0.1) is 11.1 Å². The van der Waals surface area contributed by atoms with Crippen LogP contribution in [0.2, 0.25) is 0 Å². The molecule has 0 aliphatic rings. The third-order valence-corrected chi connectivity index (χ3v) is 0. The first kappa shape index (κ1) is 18.6. The summed E-state index contributed by atoms with van der Waals surface area (Å²) in [6.07, 6.45) is 0. The maximum absolute atomic E-state index is 5.50. The second-order valence-corrected chi connectivity index (χ2v) is 0.112. The van der Waals surface area contributed by atoms with E-state index in [2.05, 4.69) is 0 Å². The molecule has 0 spiro atoms. The van der Waals surface area contributed by atoms with Crippen molar-refractivity contribution in [2.75, 3.05) is 0 Å². The molecule has 28 valence electrons. The minimum absolute atomic E-state index is 0. The summed E-state index contributed by atoms with van der Waals surface area (Å²) in [6, 6.07) is 0. The predicted octanol–water partition coefficient (Wildman–Crippen LogP) is -1.49. The fourth-order valence-electron chi connectivity index (χ4n) is 0. The summed E-state index contributed by atoms with van der Waals surface area (Å²) in [6.45, 7) is 0. The summed E-state index contributed by atoms with van der Waals surface area (Å²) < 4.78 is 0. The number of rotatable bonds is 0. The van der Waals surface area contributed by atoms with Crippen LogP contribution in [-0.4, -0.2) is 34.0 Å². The van der Waals surface area contributed by atoms with E-state index in [9.17, 15) is 0 Å². The van der Waals surface area contributed by atoms with Crippen molar-refractivity contribution in [1.82, 2.24) is 4.91 Å². The van der Waals surface area contributed by atoms with E-state index in [1.807, 2.05) is 4.91 Å². The van der Waals surface area contributed by atoms with Gasteiger partial charge in [-0.2, -0.15) is 0 Å². The van der Waals surface area contributed by atoms with Crippen molar-refractivity contribution in [3.63, 3.8) is 0 Å². The van der Waals surface area contributed by atoms with Gasteiger partial charge in [-0.15, -0.1) is 0 Å². The minimum Gasteiger partial charge on any atom is -1.00 e. The summed E-state index contributed by atoms with van der Waals surface area (Å²) >= 11 is 0. The van der Waals surface area contributed by atoms with E-state index in [0.717, 1.165) is 0 Å². The van der Waals surface area contributed by atoms with Crippen LogP contribution in [-0.2, 0) is 0 Å². The number of hydrogen-bond donors (Lipinski definition) is 2. The minimum atomic E-state index is 0. The summed E-state index contributed by atoms with van der Waals surface area (Å²) in [5.74, 6) is 0. The topological polar surface area (TPSA) is 61.8 Å². The Morgan fingerprint density at radius 3 is 1.40 bits per heavy atom. The third kappa shape index (κ3) is 263. The van der Waals surface area contributed by atoms with E-state index in [4.69, 9.17) is 11.1 Å². The molecule has 0 aliphatic carbocycles. The van der Waals surface area contributed by atoms with Crippen molar-refractivity contribution < 1.29 is 2.85 Å². The Morgan fingerprint density at radius 1 is 1.40 bits per heavy atom. The van der Waals surface area contributed by atoms with E-state index in [1.54, 1.807) is 0 Å². The zero-order valence-corrected chi connectivity index (χ0v) is 3.57. The van der Waals surface area contributed by atoms with E-state index < -0.39 is 0 Å². The molecule has 0 aromatic carbocycles. The van der Waals surface area contributed by atoms with Crippen molar-refractivity contribution in [2.24, 2.45) is 0 Å². The Balaban J connectivity index is -0.00000000333. The van der Waals surface area contributed by atoms with Crippen LogP contribution < -0.4 is 4.91 Å². The number of nitrogens with zero attached hydrogens (tertiary/aromatic N) is 1. The quantitative estimate of drug-likeness (QED) is 0.213. The molecular formula is H8MgN3Si+. The van der Waals surface area contributed by atoms with Gasteiger partial charge in [-0.05, 0) is 11.0 Å². The first-order chi connectivity index (χ1) is 1.41. The fourth-order valence-corrected chi connectivity index (χ4v) is 0. The molecule has 0 fully saturated rings. The average molecular weight is 102 g/mol. The molecule has 5 heavy (non-hydrogen) atoms. The normalized spacial score (nSPS) is 1.60. The van der Waals surface area contributed by atoms with Crippen LogP contribution in [0.5, 0.6) is 0 Å². The van der Waals surface area contributed by atoms with Gasteiger partial charge in [0.25, 0.3) is 0 Å². The SMILES string of the molecule is N=[N+]=N.[H-].[H-].[Mg+2].[SiH4]. The molecule has 0 atom stereocenters. The molecule has 0 saturated heterocycles. The van der Waals surface area contributed by atoms with Gasteiger partial charge >= 0.3 is 23.1 Å². The van der Waals surface area contributed by atoms with Crippen LogP contribution in [0.3, 0.4) is 0 Å². The second kappa shape index (κ2) is 27.8. The van der Waals surface area contributed by atoms with Crippen LogP contribution >= 0.6 is 0 Å². The van der Waals surface area contributed by atoms with Crippen molar-refractivity contribution in [2.45, 2.75) is 0 Å². The summed E-state index contributed by atoms with van der Waals surface area (Å²) in [7, 11) is 0. The largest absolute Gasteiger partial charge is 2.00 e. The zero-order valence-electron chi connectivity index (χ0n) is 4.15. The molecule has 0 saturated carbocycles. The first-order valence-electron chi connectivity index (χ1n) is 0.447. The Hall–Kier alpha value is 0.293. The number of hydrogen-bond acceptors (Lipinski definition) is 2. The van der Waals surface area contributed by atoms with Gasteiger partial charge < -0.3 is 2.85 Å². The first-order valence-corrected chi connectivity index (χ1v) is 0.447. The van der Waals surface area contributed by atoms with E-state index in [-0.39, 0.29) is 36.9 Å². The van der Waals surface area contributed by atoms with Gasteiger partial charge in [0.1, 0.15) is 11.1 Å². The molecule has 0 rings (SSSR count). The third-order valence-electron chi connectivity index (χ3n) is 0. The fraction of sp³-hybridized carbons (Fsp3) is 0. The van der Waals surface area contributed by atoms with Gasteiger partial charge in [0.2, 0.25) is 4.91 Å². The van der Waals surface area contributed by atoms with Gasteiger partial charge in [-0.3, -0.25) is 0 Å². The Morgan fingerprint density at radius 2 is 1.40 bits per heavy atom. The zero-order chi connectivity index (χ0) is 2.71. The van der Waals surface area contributed by atoms with Crippen molar-refractivity contribution in [3.05, 3.63) is 0 Å². The average Bonchev–Trinajstić information content (AvgIpc) is 0.918. The smallest absolute Gasteiger partial charge is 1.00 e. The number of nitrogens with one attached hydrogen (secondary N) is 2. The van der Waals surface area contributed by atoms with Crippen LogP contribution in [0.25, 0.3) is 0 Å². The van der Waals surface area contributed by atoms with E-state index >= 15 is 0 Å².